The summed E-state index contributed by atoms with van der Waals surface area (Å²) in [6.07, 6.45) is -3.58. The molecule has 2 saturated heterocycles. The molecule has 7 heteroatoms. The van der Waals surface area contributed by atoms with Crippen LogP contribution in [0.1, 0.15) is 31.2 Å². The maximum atomic E-state index is 14.0. The number of benzene rings is 1. The number of rotatable bonds is 3. The lowest BCUT2D eigenvalue weighted by atomic mass is 9.88. The van der Waals surface area contributed by atoms with Crippen molar-refractivity contribution in [2.24, 2.45) is 0 Å². The molecule has 0 spiro atoms. The molecule has 3 rings (SSSR count). The summed E-state index contributed by atoms with van der Waals surface area (Å²) in [5.41, 5.74) is -3.29. The molecule has 24 heavy (non-hydrogen) atoms. The lowest BCUT2D eigenvalue weighted by Crippen LogP contribution is -2.60. The van der Waals surface area contributed by atoms with E-state index in [0.29, 0.717) is 12.8 Å². The number of ether oxygens (including phenoxy) is 1. The van der Waals surface area contributed by atoms with Crippen LogP contribution in [0.15, 0.2) is 30.3 Å². The van der Waals surface area contributed by atoms with Crippen LogP contribution in [0, 0.1) is 0 Å². The number of nitrogens with zero attached hydrogens (tertiary/aromatic N) is 1. The predicted molar refractivity (Wildman–Crippen MR) is 79.1 cm³/mol. The van der Waals surface area contributed by atoms with Crippen LogP contribution in [0.4, 0.5) is 13.2 Å². The van der Waals surface area contributed by atoms with E-state index in [9.17, 15) is 22.8 Å². The number of alkyl halides is 3. The number of piperidine rings is 1. The standard InChI is InChI=1S/C17H18F3NO3/c1-24-16(17(18,19)20,11-5-3-2-4-6-11)15(23)21-12-7-8-13(21)10-14(22)9-12/h2-6,12-13H,7-10H2,1H3/t12-,13+,16?. The molecule has 1 unspecified atom stereocenters. The lowest BCUT2D eigenvalue weighted by molar-refractivity contribution is -0.271. The van der Waals surface area contributed by atoms with Gasteiger partial charge in [0.2, 0.25) is 0 Å². The van der Waals surface area contributed by atoms with Crippen LogP contribution in [0.3, 0.4) is 0 Å². The lowest BCUT2D eigenvalue weighted by Gasteiger charge is -2.42. The molecule has 0 radical (unpaired) electrons. The minimum Gasteiger partial charge on any atom is -0.356 e. The zero-order chi connectivity index (χ0) is 17.5. The summed E-state index contributed by atoms with van der Waals surface area (Å²) in [5, 5.41) is 0. The molecule has 2 bridgehead atoms. The van der Waals surface area contributed by atoms with Crippen molar-refractivity contribution in [3.05, 3.63) is 35.9 Å². The van der Waals surface area contributed by atoms with Crippen LogP contribution in [-0.2, 0) is 19.9 Å². The van der Waals surface area contributed by atoms with Crippen LogP contribution >= 0.6 is 0 Å². The number of carbonyl (C=O) groups excluding carboxylic acids is 2. The van der Waals surface area contributed by atoms with Crippen LogP contribution in [0.2, 0.25) is 0 Å². The maximum absolute atomic E-state index is 14.0. The summed E-state index contributed by atoms with van der Waals surface area (Å²) in [5.74, 6) is -1.12. The van der Waals surface area contributed by atoms with Crippen molar-refractivity contribution in [1.29, 1.82) is 0 Å². The van der Waals surface area contributed by atoms with E-state index in [4.69, 9.17) is 4.74 Å². The average Bonchev–Trinajstić information content (AvgIpc) is 2.80. The molecule has 3 atom stereocenters. The third-order valence-corrected chi connectivity index (χ3v) is 4.97. The zero-order valence-electron chi connectivity index (χ0n) is 13.2. The number of fused-ring (bicyclic) bond motifs is 2. The van der Waals surface area contributed by atoms with Crippen molar-refractivity contribution < 1.29 is 27.5 Å². The number of hydrogen-bond acceptors (Lipinski definition) is 3. The third kappa shape index (κ3) is 2.42. The summed E-state index contributed by atoms with van der Waals surface area (Å²) in [7, 11) is 0.898. The Morgan fingerprint density at radius 1 is 1.12 bits per heavy atom. The van der Waals surface area contributed by atoms with Gasteiger partial charge in [0.1, 0.15) is 5.78 Å². The Morgan fingerprint density at radius 2 is 1.67 bits per heavy atom. The molecule has 4 nitrogen and oxygen atoms in total. The second-order valence-electron chi connectivity index (χ2n) is 6.29. The first-order chi connectivity index (χ1) is 11.3. The highest BCUT2D eigenvalue weighted by atomic mass is 19.4. The van der Waals surface area contributed by atoms with Gasteiger partial charge in [0.25, 0.3) is 11.5 Å². The van der Waals surface area contributed by atoms with Crippen LogP contribution in [0.25, 0.3) is 0 Å². The Labute approximate surface area is 137 Å². The quantitative estimate of drug-likeness (QED) is 0.849. The minimum absolute atomic E-state index is 0.00119. The van der Waals surface area contributed by atoms with Gasteiger partial charge in [-0.3, -0.25) is 9.59 Å². The van der Waals surface area contributed by atoms with Crippen LogP contribution < -0.4 is 0 Å². The molecule has 2 aliphatic heterocycles. The normalized spacial score (nSPS) is 26.3. The molecule has 0 N–H and O–H groups in total. The van der Waals surface area contributed by atoms with E-state index in [1.165, 1.54) is 29.2 Å². The number of ketones is 1. The number of methoxy groups -OCH3 is 1. The molecule has 130 valence electrons. The highest BCUT2D eigenvalue weighted by Crippen LogP contribution is 2.46. The molecule has 2 heterocycles. The van der Waals surface area contributed by atoms with Gasteiger partial charge < -0.3 is 9.64 Å². The average molecular weight is 341 g/mol. The van der Waals surface area contributed by atoms with Gasteiger partial charge in [0.05, 0.1) is 0 Å². The molecule has 1 aromatic rings. The Kier molecular flexibility index (Phi) is 4.15. The fourth-order valence-corrected chi connectivity index (χ4v) is 3.89. The van der Waals surface area contributed by atoms with Crippen molar-refractivity contribution in [3.63, 3.8) is 0 Å². The predicted octanol–water partition coefficient (Wildman–Crippen LogP) is 2.81. The Hall–Kier alpha value is -1.89. The number of Topliss-reactive ketones (excluding diaryl/α,β-unsaturated/α-hetero) is 1. The summed E-state index contributed by atoms with van der Waals surface area (Å²) in [6.45, 7) is 0. The molecular formula is C17H18F3NO3. The fourth-order valence-electron chi connectivity index (χ4n) is 3.89. The first kappa shape index (κ1) is 17.0. The van der Waals surface area contributed by atoms with Gasteiger partial charge in [-0.15, -0.1) is 0 Å². The van der Waals surface area contributed by atoms with E-state index in [1.807, 2.05) is 0 Å². The molecule has 2 fully saturated rings. The van der Waals surface area contributed by atoms with E-state index in [2.05, 4.69) is 0 Å². The van der Waals surface area contributed by atoms with Crippen LogP contribution in [0.5, 0.6) is 0 Å². The van der Waals surface area contributed by atoms with Crippen molar-refractivity contribution >= 4 is 11.7 Å². The second-order valence-corrected chi connectivity index (χ2v) is 6.29. The van der Waals surface area contributed by atoms with E-state index in [0.717, 1.165) is 7.11 Å². The van der Waals surface area contributed by atoms with Crippen LogP contribution in [-0.4, -0.2) is 42.0 Å². The van der Waals surface area contributed by atoms with Gasteiger partial charge in [-0.05, 0) is 12.8 Å². The van der Waals surface area contributed by atoms with Gasteiger partial charge in [-0.1, -0.05) is 30.3 Å². The van der Waals surface area contributed by atoms with Gasteiger partial charge in [0.15, 0.2) is 0 Å². The molecule has 0 aromatic heterocycles. The van der Waals surface area contributed by atoms with Gasteiger partial charge in [-0.25, -0.2) is 0 Å². The first-order valence-corrected chi connectivity index (χ1v) is 7.83. The highest BCUT2D eigenvalue weighted by Gasteiger charge is 2.65. The summed E-state index contributed by atoms with van der Waals surface area (Å²) >= 11 is 0. The van der Waals surface area contributed by atoms with E-state index in [-0.39, 0.29) is 24.2 Å². The van der Waals surface area contributed by atoms with Gasteiger partial charge in [0, 0.05) is 37.6 Å². The number of carbonyl (C=O) groups is 2. The monoisotopic (exact) mass is 341 g/mol. The minimum atomic E-state index is -4.92. The number of hydrogen-bond donors (Lipinski definition) is 0. The largest absolute Gasteiger partial charge is 0.430 e. The van der Waals surface area contributed by atoms with Crippen molar-refractivity contribution in [2.45, 2.75) is 49.5 Å². The Morgan fingerprint density at radius 3 is 2.12 bits per heavy atom. The molecule has 0 aliphatic carbocycles. The maximum Gasteiger partial charge on any atom is 0.430 e. The highest BCUT2D eigenvalue weighted by molar-refractivity contribution is 5.91. The molecule has 1 amide bonds. The summed E-state index contributed by atoms with van der Waals surface area (Å²) in [4.78, 5) is 26.0. The third-order valence-electron chi connectivity index (χ3n) is 4.97. The molecule has 1 aromatic carbocycles. The smallest absolute Gasteiger partial charge is 0.356 e. The van der Waals surface area contributed by atoms with Gasteiger partial charge >= 0.3 is 6.18 Å². The molecule has 0 saturated carbocycles. The first-order valence-electron chi connectivity index (χ1n) is 7.83. The number of amides is 1. The number of halogens is 3. The second kappa shape index (κ2) is 5.88. The Balaban J connectivity index is 2.07. The molecular weight excluding hydrogens is 323 g/mol. The van der Waals surface area contributed by atoms with Crippen molar-refractivity contribution in [2.75, 3.05) is 7.11 Å². The topological polar surface area (TPSA) is 46.6 Å². The van der Waals surface area contributed by atoms with Gasteiger partial charge in [-0.2, -0.15) is 13.2 Å². The van der Waals surface area contributed by atoms with E-state index in [1.54, 1.807) is 6.07 Å². The SMILES string of the molecule is COC(C(=O)N1[C@@H]2CC[C@H]1CC(=O)C2)(c1ccccc1)C(F)(F)F. The van der Waals surface area contributed by atoms with E-state index < -0.39 is 29.8 Å². The van der Waals surface area contributed by atoms with E-state index >= 15 is 0 Å². The van der Waals surface area contributed by atoms with Crippen molar-refractivity contribution in [1.82, 2.24) is 4.90 Å². The summed E-state index contributed by atoms with van der Waals surface area (Å²) in [6, 6.07) is 6.01. The molecule has 2 aliphatic rings. The van der Waals surface area contributed by atoms with Crippen molar-refractivity contribution in [3.8, 4) is 0 Å². The Bertz CT molecular complexity index is 630. The fraction of sp³-hybridized carbons (Fsp3) is 0.529. The summed E-state index contributed by atoms with van der Waals surface area (Å²) < 4.78 is 46.8. The zero-order valence-corrected chi connectivity index (χ0v) is 13.2.